The Balaban J connectivity index is 1.20. The zero-order valence-electron chi connectivity index (χ0n) is 18.6. The second-order valence-electron chi connectivity index (χ2n) is 8.45. The number of ether oxygens (including phenoxy) is 1. The van der Waals surface area contributed by atoms with E-state index in [-0.39, 0.29) is 11.9 Å². The highest BCUT2D eigenvalue weighted by atomic mass is 35.5. The minimum absolute atomic E-state index is 0.105. The van der Waals surface area contributed by atoms with E-state index in [0.29, 0.717) is 28.4 Å². The summed E-state index contributed by atoms with van der Waals surface area (Å²) in [6.45, 7) is 0. The lowest BCUT2D eigenvalue weighted by Gasteiger charge is -2.30. The topological polar surface area (TPSA) is 76.1 Å². The van der Waals surface area contributed by atoms with Crippen molar-refractivity contribution >= 4 is 34.1 Å². The number of aromatic nitrogens is 2. The second-order valence-corrected chi connectivity index (χ2v) is 8.83. The highest BCUT2D eigenvalue weighted by molar-refractivity contribution is 6.30. The summed E-state index contributed by atoms with van der Waals surface area (Å²) in [4.78, 5) is 21.7. The molecule has 5 rings (SSSR count). The number of hydrogen-bond donors (Lipinski definition) is 2. The molecule has 0 atom stereocenters. The molecule has 1 aliphatic rings. The minimum atomic E-state index is -0.164. The zero-order valence-corrected chi connectivity index (χ0v) is 19.3. The number of para-hydroxylation sites is 2. The van der Waals surface area contributed by atoms with Gasteiger partial charge in [-0.2, -0.15) is 0 Å². The number of halogens is 1. The van der Waals surface area contributed by atoms with E-state index in [1.165, 1.54) is 0 Å². The lowest BCUT2D eigenvalue weighted by atomic mass is 9.90. The van der Waals surface area contributed by atoms with Crippen LogP contribution in [0.2, 0.25) is 5.15 Å². The van der Waals surface area contributed by atoms with Gasteiger partial charge in [0.1, 0.15) is 16.5 Å². The van der Waals surface area contributed by atoms with Gasteiger partial charge >= 0.3 is 0 Å². The maximum atomic E-state index is 13.0. The van der Waals surface area contributed by atoms with E-state index in [2.05, 4.69) is 26.7 Å². The normalized spacial score (nSPS) is 17.8. The minimum Gasteiger partial charge on any atom is -0.438 e. The maximum absolute atomic E-state index is 13.0. The molecule has 0 radical (unpaired) electrons. The molecule has 0 unspecified atom stereocenters. The van der Waals surface area contributed by atoms with E-state index in [1.54, 1.807) is 18.3 Å². The number of pyridine rings is 2. The number of benzene rings is 2. The van der Waals surface area contributed by atoms with Crippen molar-refractivity contribution in [2.45, 2.75) is 37.8 Å². The van der Waals surface area contributed by atoms with Gasteiger partial charge in [-0.05, 0) is 62.1 Å². The maximum Gasteiger partial charge on any atom is 0.257 e. The van der Waals surface area contributed by atoms with Crippen LogP contribution < -0.4 is 15.4 Å². The van der Waals surface area contributed by atoms with Crippen molar-refractivity contribution < 1.29 is 9.53 Å². The van der Waals surface area contributed by atoms with Crippen molar-refractivity contribution in [1.82, 2.24) is 15.3 Å². The average molecular weight is 473 g/mol. The predicted octanol–water partition coefficient (Wildman–Crippen LogP) is 6.23. The van der Waals surface area contributed by atoms with E-state index in [4.69, 9.17) is 16.3 Å². The lowest BCUT2D eigenvalue weighted by molar-refractivity contribution is 0.0923. The third-order valence-corrected chi connectivity index (χ3v) is 6.27. The molecule has 2 aromatic carbocycles. The van der Waals surface area contributed by atoms with Crippen LogP contribution in [0.15, 0.2) is 79.0 Å². The first-order valence-electron chi connectivity index (χ1n) is 11.5. The number of carbonyl (C=O) groups excluding carboxylic acids is 1. The fourth-order valence-corrected chi connectivity index (χ4v) is 4.57. The van der Waals surface area contributed by atoms with Crippen LogP contribution in [0.5, 0.6) is 11.6 Å². The van der Waals surface area contributed by atoms with Crippen LogP contribution in [0, 0.1) is 0 Å². The van der Waals surface area contributed by atoms with Crippen LogP contribution in [0.4, 0.5) is 5.69 Å². The van der Waals surface area contributed by atoms with E-state index in [9.17, 15) is 4.79 Å². The lowest BCUT2D eigenvalue weighted by Crippen LogP contribution is -2.40. The third kappa shape index (κ3) is 5.13. The third-order valence-electron chi connectivity index (χ3n) is 6.08. The molecule has 6 nitrogen and oxygen atoms in total. The first-order valence-corrected chi connectivity index (χ1v) is 11.8. The van der Waals surface area contributed by atoms with Gasteiger partial charge in [0.2, 0.25) is 5.88 Å². The van der Waals surface area contributed by atoms with Crippen LogP contribution in [0.1, 0.15) is 36.0 Å². The van der Waals surface area contributed by atoms with Gasteiger partial charge in [-0.1, -0.05) is 48.0 Å². The largest absolute Gasteiger partial charge is 0.438 e. The second kappa shape index (κ2) is 10.1. The summed E-state index contributed by atoms with van der Waals surface area (Å²) in [5.41, 5.74) is 2.31. The van der Waals surface area contributed by atoms with Crippen LogP contribution >= 0.6 is 11.6 Å². The molecule has 1 fully saturated rings. The van der Waals surface area contributed by atoms with Crippen molar-refractivity contribution in [3.63, 3.8) is 0 Å². The van der Waals surface area contributed by atoms with E-state index >= 15 is 0 Å². The fraction of sp³-hybridized carbons (Fsp3) is 0.222. The Bertz CT molecular complexity index is 1290. The number of rotatable bonds is 6. The molecule has 0 spiro atoms. The quantitative estimate of drug-likeness (QED) is 0.325. The Morgan fingerprint density at radius 3 is 2.47 bits per heavy atom. The Hall–Kier alpha value is -3.64. The summed E-state index contributed by atoms with van der Waals surface area (Å²) in [5.74, 6) is 0.788. The van der Waals surface area contributed by atoms with Gasteiger partial charge in [0.15, 0.2) is 0 Å². The van der Waals surface area contributed by atoms with Crippen molar-refractivity contribution in [1.29, 1.82) is 0 Å². The summed E-state index contributed by atoms with van der Waals surface area (Å²) < 4.78 is 5.85. The first-order chi connectivity index (χ1) is 16.7. The van der Waals surface area contributed by atoms with Gasteiger partial charge in [-0.3, -0.25) is 4.79 Å². The van der Waals surface area contributed by atoms with Crippen molar-refractivity contribution in [3.8, 4) is 11.6 Å². The van der Waals surface area contributed by atoms with E-state index < -0.39 is 0 Å². The molecule has 7 heteroatoms. The molecule has 1 aliphatic carbocycles. The van der Waals surface area contributed by atoms with Crippen LogP contribution in [-0.4, -0.2) is 28.0 Å². The fourth-order valence-electron chi connectivity index (χ4n) is 4.37. The summed E-state index contributed by atoms with van der Waals surface area (Å²) in [5, 5.41) is 8.35. The number of carbonyl (C=O) groups is 1. The van der Waals surface area contributed by atoms with Gasteiger partial charge in [0.05, 0.1) is 5.52 Å². The van der Waals surface area contributed by atoms with Crippen molar-refractivity contribution in [2.24, 2.45) is 0 Å². The van der Waals surface area contributed by atoms with E-state index in [0.717, 1.165) is 42.3 Å². The Labute approximate surface area is 203 Å². The molecule has 2 N–H and O–H groups in total. The van der Waals surface area contributed by atoms with Crippen LogP contribution in [0.25, 0.3) is 10.9 Å². The molecular formula is C27H25ClN4O2. The van der Waals surface area contributed by atoms with Gasteiger partial charge < -0.3 is 15.4 Å². The summed E-state index contributed by atoms with van der Waals surface area (Å²) in [7, 11) is 0. The van der Waals surface area contributed by atoms with E-state index in [1.807, 2.05) is 54.6 Å². The van der Waals surface area contributed by atoms with Gasteiger partial charge in [0, 0.05) is 29.4 Å². The van der Waals surface area contributed by atoms with Crippen molar-refractivity contribution in [2.75, 3.05) is 5.32 Å². The van der Waals surface area contributed by atoms with Gasteiger partial charge in [-0.15, -0.1) is 0 Å². The zero-order chi connectivity index (χ0) is 23.3. The molecule has 0 aliphatic heterocycles. The first kappa shape index (κ1) is 22.2. The average Bonchev–Trinajstić information content (AvgIpc) is 2.86. The van der Waals surface area contributed by atoms with Crippen LogP contribution in [0.3, 0.4) is 0 Å². The molecule has 2 aromatic heterocycles. The highest BCUT2D eigenvalue weighted by Gasteiger charge is 2.24. The summed E-state index contributed by atoms with van der Waals surface area (Å²) in [6.07, 6.45) is 5.28. The molecule has 4 aromatic rings. The number of nitrogens with one attached hydrogen (secondary N) is 2. The monoisotopic (exact) mass is 472 g/mol. The summed E-state index contributed by atoms with van der Waals surface area (Å²) >= 11 is 6.23. The molecule has 172 valence electrons. The standard InChI is InChI=1S/C27H25ClN4O2/c28-25-17-24(21-9-4-5-11-23(21)32-25)30-18-12-14-19(15-13-18)31-26(33)22-10-6-16-29-27(22)34-20-7-2-1-3-8-20/h1-11,16-19H,12-15H2,(H,30,32)(H,31,33). The smallest absolute Gasteiger partial charge is 0.257 e. The number of amides is 1. The molecule has 34 heavy (non-hydrogen) atoms. The van der Waals surface area contributed by atoms with Gasteiger partial charge in [0.25, 0.3) is 5.91 Å². The predicted molar refractivity (Wildman–Crippen MR) is 135 cm³/mol. The van der Waals surface area contributed by atoms with Crippen molar-refractivity contribution in [3.05, 3.63) is 89.7 Å². The number of anilines is 1. The highest BCUT2D eigenvalue weighted by Crippen LogP contribution is 2.29. The molecule has 2 heterocycles. The Morgan fingerprint density at radius 1 is 0.912 bits per heavy atom. The van der Waals surface area contributed by atoms with Gasteiger partial charge in [-0.25, -0.2) is 9.97 Å². The molecule has 1 amide bonds. The molecule has 1 saturated carbocycles. The van der Waals surface area contributed by atoms with Crippen LogP contribution in [-0.2, 0) is 0 Å². The molecule has 0 bridgehead atoms. The number of nitrogens with zero attached hydrogens (tertiary/aromatic N) is 2. The molecule has 0 saturated heterocycles. The summed E-state index contributed by atoms with van der Waals surface area (Å²) in [6, 6.07) is 23.1. The SMILES string of the molecule is O=C(NC1CCC(Nc2cc(Cl)nc3ccccc23)CC1)c1cccnc1Oc1ccccc1. The molecular weight excluding hydrogens is 448 g/mol. The number of fused-ring (bicyclic) bond motifs is 1. The number of hydrogen-bond acceptors (Lipinski definition) is 5. The Morgan fingerprint density at radius 2 is 1.65 bits per heavy atom. The Kier molecular flexibility index (Phi) is 6.58.